The van der Waals surface area contributed by atoms with E-state index in [-0.39, 0.29) is 6.09 Å². The van der Waals surface area contributed by atoms with Crippen molar-refractivity contribution in [2.75, 3.05) is 13.1 Å². The fraction of sp³-hybridized carbons (Fsp3) is 0.643. The van der Waals surface area contributed by atoms with E-state index in [1.165, 1.54) is 3.58 Å². The molecule has 2 aliphatic rings. The van der Waals surface area contributed by atoms with Gasteiger partial charge in [-0.15, -0.1) is 0 Å². The predicted octanol–water partition coefficient (Wildman–Crippen LogP) is 3.00. The second-order valence-corrected chi connectivity index (χ2v) is 7.33. The number of carbonyl (C=O) groups is 1. The maximum absolute atomic E-state index is 12.0. The van der Waals surface area contributed by atoms with Gasteiger partial charge in [0, 0.05) is 29.1 Å². The number of rotatable bonds is 1. The van der Waals surface area contributed by atoms with Crippen molar-refractivity contribution in [3.8, 4) is 0 Å². The highest BCUT2D eigenvalue weighted by Crippen LogP contribution is 2.21. The maximum atomic E-state index is 12.0. The average Bonchev–Trinajstić information content (AvgIpc) is 2.37. The molecular formula is C14H22IN3O2. The summed E-state index contributed by atoms with van der Waals surface area (Å²) >= 11 is 2.31. The third-order valence-corrected chi connectivity index (χ3v) is 3.88. The second kappa shape index (κ2) is 6.24. The maximum Gasteiger partial charge on any atom is 0.410 e. The fourth-order valence-corrected chi connectivity index (χ4v) is 2.76. The quantitative estimate of drug-likeness (QED) is 0.699. The molecule has 0 radical (unpaired) electrons. The predicted molar refractivity (Wildman–Crippen MR) is 87.0 cm³/mol. The van der Waals surface area contributed by atoms with Gasteiger partial charge in [0.15, 0.2) is 0 Å². The van der Waals surface area contributed by atoms with Crippen molar-refractivity contribution in [2.24, 2.45) is 0 Å². The molecule has 5 nitrogen and oxygen atoms in total. The molecule has 1 fully saturated rings. The smallest absolute Gasteiger partial charge is 0.410 e. The van der Waals surface area contributed by atoms with Gasteiger partial charge < -0.3 is 15.1 Å². The van der Waals surface area contributed by atoms with Gasteiger partial charge in [-0.3, -0.25) is 5.01 Å². The lowest BCUT2D eigenvalue weighted by molar-refractivity contribution is 0.0151. The van der Waals surface area contributed by atoms with Crippen LogP contribution >= 0.6 is 22.6 Å². The molecular weight excluding hydrogens is 369 g/mol. The largest absolute Gasteiger partial charge is 0.444 e. The molecule has 0 atom stereocenters. The average molecular weight is 391 g/mol. The number of halogens is 1. The Kier molecular flexibility index (Phi) is 4.82. The van der Waals surface area contributed by atoms with Crippen LogP contribution in [0.5, 0.6) is 0 Å². The van der Waals surface area contributed by atoms with E-state index in [0.717, 1.165) is 25.9 Å². The normalized spacial score (nSPS) is 20.5. The molecule has 0 bridgehead atoms. The molecule has 0 unspecified atom stereocenters. The number of nitrogens with zero attached hydrogens (tertiary/aromatic N) is 2. The molecule has 1 N–H and O–H groups in total. The minimum absolute atomic E-state index is 0.201. The van der Waals surface area contributed by atoms with Crippen molar-refractivity contribution in [2.45, 2.75) is 45.3 Å². The summed E-state index contributed by atoms with van der Waals surface area (Å²) < 4.78 is 6.61. The zero-order valence-electron chi connectivity index (χ0n) is 12.2. The molecule has 0 spiro atoms. The first kappa shape index (κ1) is 15.5. The molecule has 0 aromatic heterocycles. The highest BCUT2D eigenvalue weighted by Gasteiger charge is 2.29. The Morgan fingerprint density at radius 1 is 1.40 bits per heavy atom. The van der Waals surface area contributed by atoms with E-state index >= 15 is 0 Å². The first-order chi connectivity index (χ1) is 9.35. The highest BCUT2D eigenvalue weighted by molar-refractivity contribution is 14.1. The molecule has 2 aliphatic heterocycles. The number of hydrogen-bond acceptors (Lipinski definition) is 4. The van der Waals surface area contributed by atoms with Crippen LogP contribution in [-0.2, 0) is 4.74 Å². The highest BCUT2D eigenvalue weighted by atomic mass is 127. The SMILES string of the molecule is CC(C)(C)OC(=O)N1CCC(N2C=C(I)C=CN2)CC1. The van der Waals surface area contributed by atoms with Crippen molar-refractivity contribution in [1.29, 1.82) is 0 Å². The minimum Gasteiger partial charge on any atom is -0.444 e. The van der Waals surface area contributed by atoms with Crippen LogP contribution < -0.4 is 5.43 Å². The number of piperidine rings is 1. The monoisotopic (exact) mass is 391 g/mol. The van der Waals surface area contributed by atoms with Crippen LogP contribution in [0, 0.1) is 0 Å². The molecule has 20 heavy (non-hydrogen) atoms. The lowest BCUT2D eigenvalue weighted by Gasteiger charge is -2.39. The second-order valence-electron chi connectivity index (χ2n) is 6.08. The molecule has 0 aliphatic carbocycles. The van der Waals surface area contributed by atoms with Gasteiger partial charge in [-0.05, 0) is 62.3 Å². The summed E-state index contributed by atoms with van der Waals surface area (Å²) in [6, 6.07) is 0.420. The van der Waals surface area contributed by atoms with Crippen LogP contribution in [0.2, 0.25) is 0 Å². The number of amides is 1. The standard InChI is InChI=1S/C14H22IN3O2/c1-14(2,3)20-13(19)17-8-5-12(6-9-17)18-10-11(15)4-7-16-18/h4,7,10,12,16H,5-6,8-9H2,1-3H3. The number of allylic oxidation sites excluding steroid dienone is 2. The number of ether oxygens (including phenoxy) is 1. The Balaban J connectivity index is 1.84. The van der Waals surface area contributed by atoms with Gasteiger partial charge in [-0.25, -0.2) is 4.79 Å². The number of likely N-dealkylation sites (tertiary alicyclic amines) is 1. The molecule has 0 aromatic rings. The summed E-state index contributed by atoms with van der Waals surface area (Å²) in [6.45, 7) is 7.18. The lowest BCUT2D eigenvalue weighted by Crippen LogP contribution is -2.49. The van der Waals surface area contributed by atoms with Crippen LogP contribution in [0.15, 0.2) is 22.1 Å². The van der Waals surface area contributed by atoms with Crippen molar-refractivity contribution < 1.29 is 9.53 Å². The summed E-state index contributed by atoms with van der Waals surface area (Å²) in [5, 5.41) is 2.13. The van der Waals surface area contributed by atoms with Crippen molar-refractivity contribution in [3.05, 3.63) is 22.1 Å². The zero-order valence-corrected chi connectivity index (χ0v) is 14.4. The summed E-state index contributed by atoms with van der Waals surface area (Å²) in [5.41, 5.74) is 2.81. The van der Waals surface area contributed by atoms with Crippen LogP contribution in [0.1, 0.15) is 33.6 Å². The van der Waals surface area contributed by atoms with Gasteiger partial charge in [0.05, 0.1) is 6.04 Å². The van der Waals surface area contributed by atoms with E-state index in [2.05, 4.69) is 39.2 Å². The van der Waals surface area contributed by atoms with E-state index < -0.39 is 5.60 Å². The van der Waals surface area contributed by atoms with Crippen LogP contribution in [-0.4, -0.2) is 40.7 Å². The zero-order chi connectivity index (χ0) is 14.8. The van der Waals surface area contributed by atoms with Gasteiger partial charge >= 0.3 is 6.09 Å². The first-order valence-corrected chi connectivity index (χ1v) is 7.99. The summed E-state index contributed by atoms with van der Waals surface area (Å²) in [5.74, 6) is 0. The van der Waals surface area contributed by atoms with Gasteiger partial charge in [0.2, 0.25) is 0 Å². The Morgan fingerprint density at radius 2 is 2.05 bits per heavy atom. The molecule has 6 heteroatoms. The van der Waals surface area contributed by atoms with Crippen LogP contribution in [0.25, 0.3) is 0 Å². The molecule has 1 saturated heterocycles. The molecule has 2 heterocycles. The molecule has 2 rings (SSSR count). The third kappa shape index (κ3) is 4.29. The summed E-state index contributed by atoms with van der Waals surface area (Å²) in [4.78, 5) is 13.8. The Bertz CT molecular complexity index is 421. The number of carbonyl (C=O) groups excluding carboxylic acids is 1. The van der Waals surface area contributed by atoms with E-state index in [9.17, 15) is 4.79 Å². The van der Waals surface area contributed by atoms with Gasteiger partial charge in [-0.2, -0.15) is 0 Å². The number of hydrazine groups is 1. The van der Waals surface area contributed by atoms with E-state index in [4.69, 9.17) is 4.74 Å². The Labute approximate surface area is 134 Å². The van der Waals surface area contributed by atoms with Crippen molar-refractivity contribution in [3.63, 3.8) is 0 Å². The van der Waals surface area contributed by atoms with E-state index in [1.807, 2.05) is 33.0 Å². The first-order valence-electron chi connectivity index (χ1n) is 6.91. The van der Waals surface area contributed by atoms with Crippen LogP contribution in [0.4, 0.5) is 4.79 Å². The van der Waals surface area contributed by atoms with Crippen molar-refractivity contribution >= 4 is 28.7 Å². The topological polar surface area (TPSA) is 44.8 Å². The Morgan fingerprint density at radius 3 is 2.60 bits per heavy atom. The van der Waals surface area contributed by atoms with Crippen molar-refractivity contribution in [1.82, 2.24) is 15.3 Å². The van der Waals surface area contributed by atoms with E-state index in [1.54, 1.807) is 4.90 Å². The minimum atomic E-state index is -0.425. The van der Waals surface area contributed by atoms with Gasteiger partial charge in [0.1, 0.15) is 5.60 Å². The van der Waals surface area contributed by atoms with Gasteiger partial charge in [0.25, 0.3) is 0 Å². The summed E-state index contributed by atoms with van der Waals surface area (Å²) in [6.07, 6.45) is 7.78. The molecule has 0 saturated carbocycles. The molecule has 1 amide bonds. The Hall–Kier alpha value is -0.920. The molecule has 0 aromatic carbocycles. The molecule has 112 valence electrons. The number of hydrogen-bond donors (Lipinski definition) is 1. The fourth-order valence-electron chi connectivity index (χ4n) is 2.28. The van der Waals surface area contributed by atoms with Crippen LogP contribution in [0.3, 0.4) is 0 Å². The van der Waals surface area contributed by atoms with E-state index in [0.29, 0.717) is 6.04 Å². The summed E-state index contributed by atoms with van der Waals surface area (Å²) in [7, 11) is 0. The van der Waals surface area contributed by atoms with Gasteiger partial charge in [-0.1, -0.05) is 0 Å². The third-order valence-electron chi connectivity index (χ3n) is 3.24. The lowest BCUT2D eigenvalue weighted by atomic mass is 10.0. The number of nitrogens with one attached hydrogen (secondary N) is 1.